The highest BCUT2D eigenvalue weighted by molar-refractivity contribution is 6.32. The molecule has 0 aliphatic carbocycles. The van der Waals surface area contributed by atoms with Crippen molar-refractivity contribution in [2.24, 2.45) is 0 Å². The molecule has 3 aromatic carbocycles. The third kappa shape index (κ3) is 10.7. The number of hydrogen-bond donors (Lipinski definition) is 4. The van der Waals surface area contributed by atoms with Gasteiger partial charge in [0.1, 0.15) is 42.6 Å². The number of aromatic nitrogens is 1. The number of aliphatic hydroxyl groups excluding tert-OH is 2. The van der Waals surface area contributed by atoms with E-state index in [2.05, 4.69) is 33.4 Å². The summed E-state index contributed by atoms with van der Waals surface area (Å²) in [5.41, 5.74) is 5.71. The fraction of sp³-hybridized carbons (Fsp3) is 0.359. The average molecular weight is 715 g/mol. The lowest BCUT2D eigenvalue weighted by molar-refractivity contribution is -0.140. The Hall–Kier alpha value is -4.70. The second kappa shape index (κ2) is 18.5. The molecule has 11 nitrogen and oxygen atoms in total. The van der Waals surface area contributed by atoms with E-state index in [0.717, 1.165) is 66.9 Å². The van der Waals surface area contributed by atoms with Crippen molar-refractivity contribution >= 4 is 17.6 Å². The molecule has 268 valence electrons. The fourth-order valence-corrected chi connectivity index (χ4v) is 6.13. The molecular weight excluding hydrogens is 672 g/mol. The number of nitriles is 1. The monoisotopic (exact) mass is 714 g/mol. The van der Waals surface area contributed by atoms with Gasteiger partial charge in [-0.2, -0.15) is 5.26 Å². The Kier molecular flexibility index (Phi) is 13.6. The first-order valence-electron chi connectivity index (χ1n) is 16.9. The highest BCUT2D eigenvalue weighted by Gasteiger charge is 2.19. The molecule has 1 fully saturated rings. The standard InChI is InChI=1S/C39H43ClN4O7/c1-26-30(6-3-8-34(26)29-5-2-7-33(16-29)49-14-4-11-44-12-9-32(46)10-13-44)25-51-38-18-37(50-24-28-15-27(19-41)20-42-21-28)31(17-35(38)40)22-43-36(23-45)39(47)48/h2-3,5-8,15-18,20-21,32,36,43,45-46H,4,9-14,22-25H2,1H3,(H,47,48)/t36-/m0/s1. The maximum atomic E-state index is 11.5. The number of carboxylic acids is 1. The lowest BCUT2D eigenvalue weighted by Crippen LogP contribution is -2.39. The van der Waals surface area contributed by atoms with E-state index in [9.17, 15) is 25.4 Å². The minimum atomic E-state index is -1.19. The van der Waals surface area contributed by atoms with Gasteiger partial charge in [0.05, 0.1) is 29.9 Å². The molecule has 1 aliphatic rings. The molecule has 4 aromatic rings. The first-order chi connectivity index (χ1) is 24.7. The molecule has 2 heterocycles. The predicted molar refractivity (Wildman–Crippen MR) is 193 cm³/mol. The Morgan fingerprint density at radius 2 is 1.82 bits per heavy atom. The molecule has 1 aliphatic heterocycles. The van der Waals surface area contributed by atoms with Gasteiger partial charge in [-0.05, 0) is 72.7 Å². The molecule has 0 unspecified atom stereocenters. The molecule has 0 amide bonds. The van der Waals surface area contributed by atoms with Crippen LogP contribution in [0.2, 0.25) is 5.02 Å². The van der Waals surface area contributed by atoms with Crippen molar-refractivity contribution < 1.29 is 34.3 Å². The van der Waals surface area contributed by atoms with E-state index >= 15 is 0 Å². The van der Waals surface area contributed by atoms with E-state index in [-0.39, 0.29) is 25.9 Å². The van der Waals surface area contributed by atoms with Crippen molar-refractivity contribution in [2.75, 3.05) is 32.8 Å². The smallest absolute Gasteiger partial charge is 0.323 e. The highest BCUT2D eigenvalue weighted by atomic mass is 35.5. The van der Waals surface area contributed by atoms with Crippen LogP contribution in [-0.4, -0.2) is 76.2 Å². The summed E-state index contributed by atoms with van der Waals surface area (Å²) in [4.78, 5) is 17.9. The number of nitrogens with one attached hydrogen (secondary N) is 1. The first-order valence-corrected chi connectivity index (χ1v) is 17.3. The zero-order valence-electron chi connectivity index (χ0n) is 28.6. The van der Waals surface area contributed by atoms with Crippen molar-refractivity contribution in [3.05, 3.63) is 106 Å². The number of aliphatic carboxylic acids is 1. The van der Waals surface area contributed by atoms with Crippen LogP contribution in [0.15, 0.2) is 73.1 Å². The van der Waals surface area contributed by atoms with Crippen LogP contribution >= 0.6 is 11.6 Å². The highest BCUT2D eigenvalue weighted by Crippen LogP contribution is 2.35. The second-order valence-electron chi connectivity index (χ2n) is 12.5. The van der Waals surface area contributed by atoms with Gasteiger partial charge in [0.15, 0.2) is 0 Å². The number of carboxylic acid groups (broad SMARTS) is 1. The number of piperidine rings is 1. The number of likely N-dealkylation sites (tertiary alicyclic amines) is 1. The second-order valence-corrected chi connectivity index (χ2v) is 12.9. The van der Waals surface area contributed by atoms with E-state index < -0.39 is 18.6 Å². The molecule has 0 saturated carbocycles. The molecule has 12 heteroatoms. The number of benzene rings is 3. The summed E-state index contributed by atoms with van der Waals surface area (Å²) >= 11 is 6.68. The summed E-state index contributed by atoms with van der Waals surface area (Å²) in [7, 11) is 0. The van der Waals surface area contributed by atoms with Crippen molar-refractivity contribution in [1.29, 1.82) is 5.26 Å². The molecule has 51 heavy (non-hydrogen) atoms. The molecule has 5 rings (SSSR count). The molecular formula is C39H43ClN4O7. The molecule has 1 saturated heterocycles. The minimum absolute atomic E-state index is 0.0523. The summed E-state index contributed by atoms with van der Waals surface area (Å²) < 4.78 is 18.5. The van der Waals surface area contributed by atoms with E-state index in [0.29, 0.717) is 39.8 Å². The van der Waals surface area contributed by atoms with Gasteiger partial charge in [0, 0.05) is 55.8 Å². The molecule has 1 aromatic heterocycles. The zero-order valence-corrected chi connectivity index (χ0v) is 29.3. The zero-order chi connectivity index (χ0) is 36.2. The van der Waals surface area contributed by atoms with Gasteiger partial charge in [0.25, 0.3) is 0 Å². The lowest BCUT2D eigenvalue weighted by atomic mass is 9.96. The summed E-state index contributed by atoms with van der Waals surface area (Å²) in [6, 6.07) is 20.0. The molecule has 1 atom stereocenters. The van der Waals surface area contributed by atoms with E-state index in [1.807, 2.05) is 37.3 Å². The Bertz CT molecular complexity index is 1820. The van der Waals surface area contributed by atoms with Crippen molar-refractivity contribution in [3.8, 4) is 34.4 Å². The van der Waals surface area contributed by atoms with Crippen LogP contribution in [-0.2, 0) is 24.6 Å². The normalized spacial score (nSPS) is 14.1. The minimum Gasteiger partial charge on any atom is -0.494 e. The van der Waals surface area contributed by atoms with Gasteiger partial charge < -0.3 is 34.4 Å². The van der Waals surface area contributed by atoms with Crippen LogP contribution in [0.5, 0.6) is 17.2 Å². The van der Waals surface area contributed by atoms with Crippen LogP contribution in [0.4, 0.5) is 0 Å². The Morgan fingerprint density at radius 1 is 1.04 bits per heavy atom. The molecule has 4 N–H and O–H groups in total. The number of rotatable bonds is 17. The summed E-state index contributed by atoms with van der Waals surface area (Å²) in [5.74, 6) is 0.383. The number of nitrogens with zero attached hydrogens (tertiary/aromatic N) is 3. The van der Waals surface area contributed by atoms with Crippen molar-refractivity contribution in [3.63, 3.8) is 0 Å². The van der Waals surface area contributed by atoms with Gasteiger partial charge in [0.2, 0.25) is 0 Å². The average Bonchev–Trinajstić information content (AvgIpc) is 3.14. The third-order valence-electron chi connectivity index (χ3n) is 8.87. The molecule has 0 bridgehead atoms. The number of hydrogen-bond acceptors (Lipinski definition) is 10. The fourth-order valence-electron chi connectivity index (χ4n) is 5.89. The van der Waals surface area contributed by atoms with E-state index in [4.69, 9.17) is 25.8 Å². The Balaban J connectivity index is 1.27. The van der Waals surface area contributed by atoms with Gasteiger partial charge in [-0.15, -0.1) is 0 Å². The number of halogens is 1. The summed E-state index contributed by atoms with van der Waals surface area (Å²) in [6.45, 7) is 5.24. The van der Waals surface area contributed by atoms with Crippen LogP contribution in [0.1, 0.15) is 47.1 Å². The van der Waals surface area contributed by atoms with E-state index in [1.54, 1.807) is 24.4 Å². The largest absolute Gasteiger partial charge is 0.494 e. The molecule has 0 radical (unpaired) electrons. The van der Waals surface area contributed by atoms with E-state index in [1.165, 1.54) is 6.20 Å². The first kappa shape index (κ1) is 37.6. The van der Waals surface area contributed by atoms with Crippen LogP contribution < -0.4 is 19.5 Å². The SMILES string of the molecule is Cc1c(COc2cc(OCc3cncc(C#N)c3)c(CN[C@@H](CO)C(=O)O)cc2Cl)cccc1-c1cccc(OCCCN2CCC(O)CC2)c1. The molecule has 0 spiro atoms. The van der Waals surface area contributed by atoms with Gasteiger partial charge in [-0.3, -0.25) is 15.1 Å². The number of carbonyl (C=O) groups is 1. The van der Waals surface area contributed by atoms with Crippen molar-refractivity contribution in [1.82, 2.24) is 15.2 Å². The lowest BCUT2D eigenvalue weighted by Gasteiger charge is -2.29. The summed E-state index contributed by atoms with van der Waals surface area (Å²) in [5, 5.41) is 40.9. The van der Waals surface area contributed by atoms with Gasteiger partial charge in [-0.25, -0.2) is 0 Å². The maximum absolute atomic E-state index is 11.5. The number of aliphatic hydroxyl groups is 2. The topological polar surface area (TPSA) is 157 Å². The van der Waals surface area contributed by atoms with Gasteiger partial charge >= 0.3 is 5.97 Å². The Morgan fingerprint density at radius 3 is 2.59 bits per heavy atom. The third-order valence-corrected chi connectivity index (χ3v) is 9.17. The number of ether oxygens (including phenoxy) is 3. The predicted octanol–water partition coefficient (Wildman–Crippen LogP) is 5.50. The quantitative estimate of drug-likeness (QED) is 0.102. The van der Waals surface area contributed by atoms with Crippen LogP contribution in [0.3, 0.4) is 0 Å². The van der Waals surface area contributed by atoms with Crippen LogP contribution in [0, 0.1) is 18.3 Å². The summed E-state index contributed by atoms with van der Waals surface area (Å²) in [6.07, 6.45) is 5.47. The van der Waals surface area contributed by atoms with Gasteiger partial charge in [-0.1, -0.05) is 41.9 Å². The number of pyridine rings is 1. The Labute approximate surface area is 303 Å². The van der Waals surface area contributed by atoms with Crippen LogP contribution in [0.25, 0.3) is 11.1 Å². The van der Waals surface area contributed by atoms with Crippen molar-refractivity contribution in [2.45, 2.75) is 58.1 Å². The maximum Gasteiger partial charge on any atom is 0.323 e.